The van der Waals surface area contributed by atoms with Crippen molar-refractivity contribution in [1.82, 2.24) is 4.90 Å². The number of rotatable bonds is 8. The average molecular weight is 490 g/mol. The maximum absolute atomic E-state index is 12.7. The zero-order valence-electron chi connectivity index (χ0n) is 18.4. The van der Waals surface area contributed by atoms with Crippen molar-refractivity contribution in [3.63, 3.8) is 0 Å². The summed E-state index contributed by atoms with van der Waals surface area (Å²) in [5, 5.41) is 9.62. The Labute approximate surface area is 203 Å². The molecule has 0 spiro atoms. The second-order valence-corrected chi connectivity index (χ2v) is 7.57. The Kier molecular flexibility index (Phi) is 11.7. The lowest BCUT2D eigenvalue weighted by atomic mass is 10.1. The third-order valence-corrected chi connectivity index (χ3v) is 4.75. The summed E-state index contributed by atoms with van der Waals surface area (Å²) < 4.78 is 4.66. The fourth-order valence-corrected chi connectivity index (χ4v) is 3.07. The zero-order chi connectivity index (χ0) is 25.0. The van der Waals surface area contributed by atoms with Gasteiger partial charge in [-0.1, -0.05) is 72.3 Å². The van der Waals surface area contributed by atoms with Crippen LogP contribution in [-0.2, 0) is 16.1 Å². The molecule has 2 rings (SSSR count). The summed E-state index contributed by atoms with van der Waals surface area (Å²) in [6, 6.07) is 10.8. The minimum absolute atomic E-state index is 0.0189. The van der Waals surface area contributed by atoms with Crippen molar-refractivity contribution in [2.75, 3.05) is 13.7 Å². The van der Waals surface area contributed by atoms with E-state index in [-0.39, 0.29) is 17.1 Å². The van der Waals surface area contributed by atoms with E-state index in [9.17, 15) is 14.4 Å². The van der Waals surface area contributed by atoms with Gasteiger partial charge in [-0.3, -0.25) is 9.59 Å². The lowest BCUT2D eigenvalue weighted by molar-refractivity contribution is -0.137. The summed E-state index contributed by atoms with van der Waals surface area (Å²) in [4.78, 5) is 36.7. The van der Waals surface area contributed by atoms with Crippen LogP contribution in [0.1, 0.15) is 33.2 Å². The minimum atomic E-state index is -1.17. The number of carbonyl (C=O) groups excluding carboxylic acids is 2. The number of benzene rings is 2. The van der Waals surface area contributed by atoms with Gasteiger partial charge >= 0.3 is 11.9 Å². The molecule has 0 heterocycles. The number of allylic oxidation sites excluding steroid dienone is 4. The van der Waals surface area contributed by atoms with Gasteiger partial charge in [0.05, 0.1) is 23.3 Å². The number of nitrogens with zero attached hydrogens (tertiary/aromatic N) is 1. The molecule has 0 radical (unpaired) electrons. The SMILES string of the molecule is C=C/C=C(/C)C=C.COC(=O)c1cccc(CN(CC(=O)O)C(=O)c2ccc(Cl)cc2Cl)c1. The highest BCUT2D eigenvalue weighted by atomic mass is 35.5. The van der Waals surface area contributed by atoms with Gasteiger partial charge in [0.25, 0.3) is 5.91 Å². The number of esters is 1. The largest absolute Gasteiger partial charge is 0.480 e. The standard InChI is InChI=1S/C18H15Cl2NO5.C7H10/c1-26-18(25)12-4-2-3-11(7-12)9-21(10-16(22)23)17(24)14-6-5-13(19)8-15(14)20;1-4-6-7(3)5-2/h2-8H,9-10H2,1H3,(H,22,23);4-6H,1-2H2,3H3/b;7-6-. The quantitative estimate of drug-likeness (QED) is 0.373. The van der Waals surface area contributed by atoms with Crippen LogP contribution in [0.5, 0.6) is 0 Å². The van der Waals surface area contributed by atoms with Gasteiger partial charge in [0, 0.05) is 11.6 Å². The van der Waals surface area contributed by atoms with Gasteiger partial charge in [-0.05, 0) is 42.8 Å². The Balaban J connectivity index is 0.000000675. The van der Waals surface area contributed by atoms with Gasteiger partial charge in [-0.2, -0.15) is 0 Å². The lowest BCUT2D eigenvalue weighted by Gasteiger charge is -2.22. The van der Waals surface area contributed by atoms with E-state index in [1.165, 1.54) is 31.4 Å². The maximum Gasteiger partial charge on any atom is 0.337 e. The molecule has 0 saturated heterocycles. The van der Waals surface area contributed by atoms with E-state index in [0.29, 0.717) is 16.1 Å². The number of carboxylic acid groups (broad SMARTS) is 1. The Morgan fingerprint density at radius 2 is 1.82 bits per heavy atom. The third-order valence-electron chi connectivity index (χ3n) is 4.20. The molecule has 1 N–H and O–H groups in total. The molecule has 2 aromatic rings. The number of carbonyl (C=O) groups is 3. The lowest BCUT2D eigenvalue weighted by Crippen LogP contribution is -2.35. The highest BCUT2D eigenvalue weighted by molar-refractivity contribution is 6.36. The van der Waals surface area contributed by atoms with Crippen molar-refractivity contribution in [2.45, 2.75) is 13.5 Å². The Morgan fingerprint density at radius 3 is 2.33 bits per heavy atom. The monoisotopic (exact) mass is 489 g/mol. The van der Waals surface area contributed by atoms with Gasteiger partial charge in [-0.25, -0.2) is 4.79 Å². The third kappa shape index (κ3) is 9.35. The highest BCUT2D eigenvalue weighted by Gasteiger charge is 2.21. The van der Waals surface area contributed by atoms with E-state index in [0.717, 1.165) is 10.5 Å². The van der Waals surface area contributed by atoms with E-state index in [4.69, 9.17) is 28.3 Å². The van der Waals surface area contributed by atoms with E-state index in [2.05, 4.69) is 17.9 Å². The average Bonchev–Trinajstić information content (AvgIpc) is 2.78. The van der Waals surface area contributed by atoms with E-state index >= 15 is 0 Å². The van der Waals surface area contributed by atoms with E-state index in [1.54, 1.807) is 30.4 Å². The maximum atomic E-state index is 12.7. The topological polar surface area (TPSA) is 83.9 Å². The van der Waals surface area contributed by atoms with Crippen molar-refractivity contribution in [1.29, 1.82) is 0 Å². The summed E-state index contributed by atoms with van der Waals surface area (Å²) in [5.74, 6) is -2.26. The predicted molar refractivity (Wildman–Crippen MR) is 131 cm³/mol. The van der Waals surface area contributed by atoms with Crippen LogP contribution in [0.15, 0.2) is 79.4 Å². The first kappa shape index (κ1) is 27.7. The normalized spacial score (nSPS) is 10.4. The Morgan fingerprint density at radius 1 is 1.12 bits per heavy atom. The van der Waals surface area contributed by atoms with E-state index < -0.39 is 24.4 Å². The fraction of sp³-hybridized carbons (Fsp3) is 0.160. The molecule has 0 aliphatic carbocycles. The van der Waals surface area contributed by atoms with Gasteiger partial charge in [0.15, 0.2) is 0 Å². The van der Waals surface area contributed by atoms with Crippen LogP contribution in [0.2, 0.25) is 10.0 Å². The molecule has 174 valence electrons. The molecule has 0 fully saturated rings. The molecule has 0 aliphatic heterocycles. The highest BCUT2D eigenvalue weighted by Crippen LogP contribution is 2.23. The van der Waals surface area contributed by atoms with Crippen LogP contribution in [0.4, 0.5) is 0 Å². The summed E-state index contributed by atoms with van der Waals surface area (Å²) in [6.07, 6.45) is 5.45. The van der Waals surface area contributed by atoms with Crippen LogP contribution >= 0.6 is 23.2 Å². The second kappa shape index (κ2) is 13.9. The Hall–Kier alpha value is -3.35. The van der Waals surface area contributed by atoms with Crippen molar-refractivity contribution in [3.05, 3.63) is 106 Å². The summed E-state index contributed by atoms with van der Waals surface area (Å²) in [6.45, 7) is 8.52. The van der Waals surface area contributed by atoms with Gasteiger partial charge < -0.3 is 14.7 Å². The molecule has 0 unspecified atom stereocenters. The molecular formula is C25H25Cl2NO5. The molecule has 1 amide bonds. The molecule has 6 nitrogen and oxygen atoms in total. The molecule has 2 aromatic carbocycles. The number of hydrogen-bond donors (Lipinski definition) is 1. The number of halogens is 2. The molecule has 0 saturated carbocycles. The van der Waals surface area contributed by atoms with Crippen LogP contribution in [0.25, 0.3) is 0 Å². The zero-order valence-corrected chi connectivity index (χ0v) is 19.9. The number of aliphatic carboxylic acids is 1. The first-order chi connectivity index (χ1) is 15.6. The smallest absolute Gasteiger partial charge is 0.337 e. The van der Waals surface area contributed by atoms with Crippen LogP contribution < -0.4 is 0 Å². The molecule has 8 heteroatoms. The van der Waals surface area contributed by atoms with Gasteiger partial charge in [0.2, 0.25) is 0 Å². The first-order valence-corrected chi connectivity index (χ1v) is 10.4. The number of methoxy groups -OCH3 is 1. The number of ether oxygens (including phenoxy) is 1. The van der Waals surface area contributed by atoms with Crippen molar-refractivity contribution >= 4 is 41.0 Å². The molecular weight excluding hydrogens is 465 g/mol. The molecule has 0 bridgehead atoms. The van der Waals surface area contributed by atoms with Gasteiger partial charge in [0.1, 0.15) is 6.54 Å². The minimum Gasteiger partial charge on any atom is -0.480 e. The second-order valence-electron chi connectivity index (χ2n) is 6.72. The van der Waals surface area contributed by atoms with Crippen molar-refractivity contribution < 1.29 is 24.2 Å². The predicted octanol–water partition coefficient (Wildman–Crippen LogP) is 5.81. The summed E-state index contributed by atoms with van der Waals surface area (Å²) in [5.41, 5.74) is 2.17. The fourth-order valence-electron chi connectivity index (χ4n) is 2.58. The summed E-state index contributed by atoms with van der Waals surface area (Å²) in [7, 11) is 1.26. The first-order valence-electron chi connectivity index (χ1n) is 9.68. The molecule has 0 aromatic heterocycles. The molecule has 0 aliphatic rings. The molecule has 33 heavy (non-hydrogen) atoms. The van der Waals surface area contributed by atoms with Gasteiger partial charge in [-0.15, -0.1) is 0 Å². The van der Waals surface area contributed by atoms with Crippen molar-refractivity contribution in [2.24, 2.45) is 0 Å². The number of hydrogen-bond acceptors (Lipinski definition) is 4. The van der Waals surface area contributed by atoms with Crippen molar-refractivity contribution in [3.8, 4) is 0 Å². The Bertz CT molecular complexity index is 1060. The van der Waals surface area contributed by atoms with Crippen LogP contribution in [0.3, 0.4) is 0 Å². The van der Waals surface area contributed by atoms with E-state index in [1.807, 2.05) is 13.0 Å². The van der Waals surface area contributed by atoms with Crippen LogP contribution in [0, 0.1) is 0 Å². The number of carboxylic acids is 1. The summed E-state index contributed by atoms with van der Waals surface area (Å²) >= 11 is 11.9. The van der Waals surface area contributed by atoms with Crippen LogP contribution in [-0.4, -0.2) is 41.5 Å². The molecule has 0 atom stereocenters. The number of amides is 1.